The van der Waals surface area contributed by atoms with Gasteiger partial charge in [0.05, 0.1) is 11.7 Å². The summed E-state index contributed by atoms with van der Waals surface area (Å²) in [4.78, 5) is -0.381. The zero-order valence-corrected chi connectivity index (χ0v) is 22.6. The Morgan fingerprint density at radius 1 is 1.12 bits per heavy atom. The van der Waals surface area contributed by atoms with E-state index < -0.39 is 37.4 Å². The monoisotopic (exact) mass is 575 g/mol. The maximum Gasteiger partial charge on any atom is 0.367 e. The summed E-state index contributed by atoms with van der Waals surface area (Å²) in [5.74, 6) is 0.343. The highest BCUT2D eigenvalue weighted by atomic mass is 79.9. The largest absolute Gasteiger partial charge is 0.504 e. The first-order valence-corrected chi connectivity index (χ1v) is 13.6. The molecule has 34 heavy (non-hydrogen) atoms. The number of rotatable bonds is 5. The molecule has 14 heteroatoms. The molecule has 0 fully saturated rings. The third kappa shape index (κ3) is 5.29. The normalized spacial score (nSPS) is 16.8. The second-order valence-corrected chi connectivity index (χ2v) is 13.1. The number of nitrogens with one attached hydrogen (secondary N) is 2. The first kappa shape index (κ1) is 26.2. The molecular formula is C20H26BrN5O6S2. The van der Waals surface area contributed by atoms with Gasteiger partial charge in [-0.3, -0.25) is 0 Å². The molecule has 1 atom stereocenters. The number of amidine groups is 2. The highest BCUT2D eigenvalue weighted by molar-refractivity contribution is 9.10. The molecule has 0 amide bonds. The molecule has 0 aliphatic carbocycles. The van der Waals surface area contributed by atoms with E-state index in [1.807, 2.05) is 20.8 Å². The molecule has 0 bridgehead atoms. The summed E-state index contributed by atoms with van der Waals surface area (Å²) >= 11 is 3.14. The molecule has 1 aliphatic rings. The molecule has 0 radical (unpaired) electrons. The van der Waals surface area contributed by atoms with Crippen LogP contribution in [0.2, 0.25) is 0 Å². The zero-order chi connectivity index (χ0) is 25.6. The molecule has 0 saturated carbocycles. The van der Waals surface area contributed by atoms with Crippen LogP contribution in [0.5, 0.6) is 5.75 Å². The average molecular weight is 576 g/mol. The molecule has 3 N–H and O–H groups in total. The van der Waals surface area contributed by atoms with Crippen molar-refractivity contribution in [2.75, 3.05) is 19.4 Å². The van der Waals surface area contributed by atoms with Gasteiger partial charge in [-0.05, 0) is 52.5 Å². The number of sulfonamides is 1. The van der Waals surface area contributed by atoms with Crippen molar-refractivity contribution in [3.05, 3.63) is 40.3 Å². The Hall–Kier alpha value is -2.42. The number of hydrogen-bond donors (Lipinski definition) is 3. The number of nitrogens with zero attached hydrogens (tertiary/aromatic N) is 3. The van der Waals surface area contributed by atoms with Crippen LogP contribution in [0.25, 0.3) is 0 Å². The van der Waals surface area contributed by atoms with Gasteiger partial charge in [-0.1, -0.05) is 20.8 Å². The summed E-state index contributed by atoms with van der Waals surface area (Å²) in [7, 11) is -5.57. The van der Waals surface area contributed by atoms with E-state index >= 15 is 0 Å². The molecule has 2 heterocycles. The number of furan rings is 1. The average Bonchev–Trinajstić information content (AvgIpc) is 3.22. The van der Waals surface area contributed by atoms with Gasteiger partial charge in [0, 0.05) is 18.6 Å². The van der Waals surface area contributed by atoms with E-state index in [0.29, 0.717) is 11.5 Å². The number of aromatic hydroxyl groups is 1. The number of hydrogen-bond acceptors (Lipinski definition) is 8. The number of aryl methyl sites for hydroxylation is 1. The van der Waals surface area contributed by atoms with E-state index in [0.717, 1.165) is 4.31 Å². The highest BCUT2D eigenvalue weighted by Gasteiger charge is 2.35. The first-order valence-electron chi connectivity index (χ1n) is 10.0. The fourth-order valence-electron chi connectivity index (χ4n) is 3.18. The van der Waals surface area contributed by atoms with Gasteiger partial charge in [-0.15, -0.1) is 8.80 Å². The van der Waals surface area contributed by atoms with Crippen LogP contribution in [-0.4, -0.2) is 52.0 Å². The summed E-state index contributed by atoms with van der Waals surface area (Å²) in [6, 6.07) is 5.89. The second kappa shape index (κ2) is 8.98. The smallest absolute Gasteiger partial charge is 0.367 e. The predicted octanol–water partition coefficient (Wildman–Crippen LogP) is 3.15. The van der Waals surface area contributed by atoms with Crippen LogP contribution in [0.1, 0.15) is 38.3 Å². The van der Waals surface area contributed by atoms with Gasteiger partial charge in [0.25, 0.3) is 0 Å². The van der Waals surface area contributed by atoms with Crippen molar-refractivity contribution in [1.82, 2.24) is 9.62 Å². The molecule has 0 saturated heterocycles. The third-order valence-corrected chi connectivity index (χ3v) is 8.55. The Morgan fingerprint density at radius 2 is 1.74 bits per heavy atom. The number of phenolic OH excluding ortho intramolecular Hbond substituents is 1. The molecule has 1 aliphatic heterocycles. The van der Waals surface area contributed by atoms with Gasteiger partial charge in [0.1, 0.15) is 16.4 Å². The lowest BCUT2D eigenvalue weighted by molar-refractivity contribution is 0.261. The Kier molecular flexibility index (Phi) is 6.92. The molecule has 1 aromatic carbocycles. The predicted molar refractivity (Wildman–Crippen MR) is 133 cm³/mol. The van der Waals surface area contributed by atoms with Gasteiger partial charge in [-0.2, -0.15) is 8.42 Å². The van der Waals surface area contributed by atoms with Crippen molar-refractivity contribution in [3.8, 4) is 5.75 Å². The van der Waals surface area contributed by atoms with E-state index in [4.69, 9.17) is 4.42 Å². The number of anilines is 1. The lowest BCUT2D eigenvalue weighted by Gasteiger charge is -2.30. The maximum atomic E-state index is 12.7. The van der Waals surface area contributed by atoms with Crippen molar-refractivity contribution in [2.24, 2.45) is 14.2 Å². The van der Waals surface area contributed by atoms with E-state index in [1.165, 1.54) is 26.2 Å². The minimum atomic E-state index is -4.20. The van der Waals surface area contributed by atoms with Gasteiger partial charge < -0.3 is 20.2 Å². The first-order chi connectivity index (χ1) is 15.5. The number of benzene rings is 1. The summed E-state index contributed by atoms with van der Waals surface area (Å²) in [5.41, 5.74) is -0.494. The summed E-state index contributed by atoms with van der Waals surface area (Å²) in [6.07, 6.45) is 0. The molecular weight excluding hydrogens is 550 g/mol. The Labute approximate surface area is 207 Å². The number of phenols is 1. The fourth-order valence-corrected chi connectivity index (χ4v) is 5.92. The van der Waals surface area contributed by atoms with Gasteiger partial charge in [0.15, 0.2) is 17.4 Å². The van der Waals surface area contributed by atoms with Crippen LogP contribution in [-0.2, 0) is 20.2 Å². The van der Waals surface area contributed by atoms with E-state index in [-0.39, 0.29) is 26.7 Å². The minimum Gasteiger partial charge on any atom is -0.504 e. The fraction of sp³-hybridized carbons (Fsp3) is 0.400. The van der Waals surface area contributed by atoms with Crippen molar-refractivity contribution in [1.29, 1.82) is 0 Å². The third-order valence-electron chi connectivity index (χ3n) is 4.91. The van der Waals surface area contributed by atoms with E-state index in [2.05, 4.69) is 35.4 Å². The lowest BCUT2D eigenvalue weighted by Crippen LogP contribution is -2.41. The summed E-state index contributed by atoms with van der Waals surface area (Å²) in [6.45, 7) is 7.62. The number of halogens is 1. The van der Waals surface area contributed by atoms with Gasteiger partial charge in [0.2, 0.25) is 10.0 Å². The quantitative estimate of drug-likeness (QED) is 0.459. The van der Waals surface area contributed by atoms with Crippen molar-refractivity contribution in [2.45, 2.75) is 38.6 Å². The van der Waals surface area contributed by atoms with E-state index in [1.54, 1.807) is 19.1 Å². The molecule has 11 nitrogen and oxygen atoms in total. The summed E-state index contributed by atoms with van der Waals surface area (Å²) < 4.78 is 63.9. The van der Waals surface area contributed by atoms with Crippen LogP contribution in [0, 0.1) is 12.3 Å². The van der Waals surface area contributed by atoms with E-state index in [9.17, 15) is 21.9 Å². The minimum absolute atomic E-state index is 0.0740. The lowest BCUT2D eigenvalue weighted by atomic mass is 9.85. The second-order valence-electron chi connectivity index (χ2n) is 8.90. The van der Waals surface area contributed by atoms with Crippen molar-refractivity contribution < 1.29 is 26.4 Å². The Bertz CT molecular complexity index is 1390. The van der Waals surface area contributed by atoms with Crippen LogP contribution >= 0.6 is 15.9 Å². The molecule has 3 rings (SSSR count). The Morgan fingerprint density at radius 3 is 2.26 bits per heavy atom. The molecule has 186 valence electrons. The van der Waals surface area contributed by atoms with Crippen LogP contribution in [0.4, 0.5) is 5.69 Å². The van der Waals surface area contributed by atoms with Gasteiger partial charge in [-0.25, -0.2) is 12.7 Å². The standard InChI is InChI=1S/C20H26BrN5O6S2/c1-11-7-10-14(32-11)17(20(2,3)4)23-19-18(24-34(30,31)25-19)22-13-9-8-12(21)16(15(13)27)33(28,29)26(5)6/h7-10,17,27H,1-6H3,(H,22,24)(H,23,25)/t17-/m0/s1. The van der Waals surface area contributed by atoms with Crippen molar-refractivity contribution >= 4 is 53.5 Å². The highest BCUT2D eigenvalue weighted by Crippen LogP contribution is 2.39. The molecule has 0 spiro atoms. The SMILES string of the molecule is Cc1ccc([C@H](NC2=NS(=O)(=O)N=C2Nc2ccc(Br)c(S(=O)(=O)N(C)C)c2O)C(C)(C)C)o1. The Balaban J connectivity index is 2.02. The van der Waals surface area contributed by atoms with Crippen LogP contribution in [0.15, 0.2) is 46.8 Å². The molecule has 1 aromatic heterocycles. The summed E-state index contributed by atoms with van der Waals surface area (Å²) in [5, 5.41) is 16.5. The zero-order valence-electron chi connectivity index (χ0n) is 19.4. The van der Waals surface area contributed by atoms with Crippen molar-refractivity contribution in [3.63, 3.8) is 0 Å². The topological polar surface area (TPSA) is 154 Å². The van der Waals surface area contributed by atoms with Crippen LogP contribution in [0.3, 0.4) is 0 Å². The maximum absolute atomic E-state index is 12.7. The molecule has 2 aromatic rings. The van der Waals surface area contributed by atoms with Gasteiger partial charge >= 0.3 is 10.2 Å². The van der Waals surface area contributed by atoms with Crippen LogP contribution < -0.4 is 10.6 Å². The molecule has 0 unspecified atom stereocenters.